The minimum Gasteiger partial charge on any atom is -0.354 e. The summed E-state index contributed by atoms with van der Waals surface area (Å²) >= 11 is 0. The highest BCUT2D eigenvalue weighted by atomic mass is 14.7. The molecule has 0 spiro atoms. The normalized spacial score (nSPS) is 14.0. The van der Waals surface area contributed by atoms with Crippen LogP contribution in [0.2, 0.25) is 0 Å². The van der Waals surface area contributed by atoms with Gasteiger partial charge in [0.25, 0.3) is 0 Å². The van der Waals surface area contributed by atoms with Gasteiger partial charge in [0.15, 0.2) is 0 Å². The van der Waals surface area contributed by atoms with Gasteiger partial charge in [-0.1, -0.05) is 30.3 Å². The Morgan fingerprint density at radius 3 is 2.59 bits per heavy atom. The molecule has 2 heterocycles. The molecule has 0 atom stereocenters. The van der Waals surface area contributed by atoms with Crippen LogP contribution in [0.4, 0.5) is 0 Å². The van der Waals surface area contributed by atoms with Crippen LogP contribution in [0.25, 0.3) is 43.6 Å². The van der Waals surface area contributed by atoms with Gasteiger partial charge in [-0.05, 0) is 42.2 Å². The summed E-state index contributed by atoms with van der Waals surface area (Å²) in [7, 11) is 0. The van der Waals surface area contributed by atoms with E-state index < -0.39 is 0 Å². The van der Waals surface area contributed by atoms with Crippen LogP contribution in [0, 0.1) is 0 Å². The van der Waals surface area contributed by atoms with E-state index in [9.17, 15) is 0 Å². The van der Waals surface area contributed by atoms with Crippen LogP contribution in [0.15, 0.2) is 48.5 Å². The third-order valence-corrected chi connectivity index (χ3v) is 5.22. The number of rotatable bonds is 0. The number of para-hydroxylation sites is 1. The fourth-order valence-corrected chi connectivity index (χ4v) is 4.30. The van der Waals surface area contributed by atoms with Crippen molar-refractivity contribution in [2.24, 2.45) is 0 Å². The maximum atomic E-state index is 3.66. The maximum Gasteiger partial charge on any atom is 0.0505 e. The van der Waals surface area contributed by atoms with Crippen molar-refractivity contribution in [1.82, 2.24) is 9.97 Å². The van der Waals surface area contributed by atoms with Crippen molar-refractivity contribution in [2.45, 2.75) is 12.8 Å². The second-order valence-corrected chi connectivity index (χ2v) is 6.34. The zero-order valence-electron chi connectivity index (χ0n) is 12.0. The third kappa shape index (κ3) is 1.14. The van der Waals surface area contributed by atoms with Gasteiger partial charge in [0.05, 0.1) is 5.52 Å². The van der Waals surface area contributed by atoms with Crippen LogP contribution in [-0.2, 0) is 12.8 Å². The van der Waals surface area contributed by atoms with Crippen LogP contribution < -0.4 is 0 Å². The minimum atomic E-state index is 1.12. The predicted molar refractivity (Wildman–Crippen MR) is 92.6 cm³/mol. The fourth-order valence-electron chi connectivity index (χ4n) is 4.30. The first kappa shape index (κ1) is 10.9. The van der Waals surface area contributed by atoms with Gasteiger partial charge in [-0.3, -0.25) is 0 Å². The summed E-state index contributed by atoms with van der Waals surface area (Å²) in [5, 5.41) is 5.52. The highest BCUT2D eigenvalue weighted by Gasteiger charge is 2.21. The molecule has 2 aromatic heterocycles. The second kappa shape index (κ2) is 3.53. The van der Waals surface area contributed by atoms with Gasteiger partial charge in [-0.25, -0.2) is 0 Å². The zero-order valence-corrected chi connectivity index (χ0v) is 12.0. The van der Waals surface area contributed by atoms with E-state index in [2.05, 4.69) is 58.5 Å². The summed E-state index contributed by atoms with van der Waals surface area (Å²) in [6.07, 6.45) is 2.25. The molecular weight excluding hydrogens is 268 g/mol. The molecule has 0 saturated heterocycles. The Labute approximate surface area is 126 Å². The molecule has 2 N–H and O–H groups in total. The van der Waals surface area contributed by atoms with E-state index in [0.29, 0.717) is 0 Å². The van der Waals surface area contributed by atoms with Gasteiger partial charge in [-0.15, -0.1) is 0 Å². The van der Waals surface area contributed by atoms with Crippen molar-refractivity contribution in [3.8, 4) is 0 Å². The molecule has 0 fully saturated rings. The Balaban J connectivity index is 1.97. The van der Waals surface area contributed by atoms with Crippen molar-refractivity contribution in [3.63, 3.8) is 0 Å². The van der Waals surface area contributed by atoms with E-state index in [1.165, 1.54) is 54.7 Å². The van der Waals surface area contributed by atoms with Crippen molar-refractivity contribution in [1.29, 1.82) is 0 Å². The third-order valence-electron chi connectivity index (χ3n) is 5.22. The van der Waals surface area contributed by atoms with Crippen LogP contribution in [0.1, 0.15) is 11.1 Å². The van der Waals surface area contributed by atoms with Gasteiger partial charge >= 0.3 is 0 Å². The van der Waals surface area contributed by atoms with E-state index in [1.54, 1.807) is 0 Å². The van der Waals surface area contributed by atoms with Crippen LogP contribution in [0.3, 0.4) is 0 Å². The lowest BCUT2D eigenvalue weighted by Gasteiger charge is -2.14. The number of aromatic amines is 2. The molecule has 1 aliphatic carbocycles. The van der Waals surface area contributed by atoms with Crippen LogP contribution in [-0.4, -0.2) is 9.97 Å². The molecule has 104 valence electrons. The predicted octanol–water partition coefficient (Wildman–Crippen LogP) is 5.05. The Morgan fingerprint density at radius 1 is 0.682 bits per heavy atom. The van der Waals surface area contributed by atoms with Crippen molar-refractivity contribution in [2.75, 3.05) is 0 Å². The summed E-state index contributed by atoms with van der Waals surface area (Å²) in [4.78, 5) is 7.29. The Morgan fingerprint density at radius 2 is 1.59 bits per heavy atom. The molecule has 0 aliphatic heterocycles. The Hall–Kier alpha value is -2.74. The number of hydrogen-bond acceptors (Lipinski definition) is 0. The van der Waals surface area contributed by atoms with Crippen LogP contribution in [0.5, 0.6) is 0 Å². The number of aromatic nitrogens is 2. The molecule has 0 amide bonds. The van der Waals surface area contributed by atoms with Gasteiger partial charge < -0.3 is 9.97 Å². The average molecular weight is 282 g/mol. The van der Waals surface area contributed by atoms with E-state index >= 15 is 0 Å². The number of benzene rings is 3. The molecule has 1 aliphatic rings. The number of nitrogens with one attached hydrogen (secondary N) is 2. The smallest absolute Gasteiger partial charge is 0.0505 e. The van der Waals surface area contributed by atoms with E-state index in [-0.39, 0.29) is 0 Å². The molecule has 3 aromatic carbocycles. The summed E-state index contributed by atoms with van der Waals surface area (Å²) < 4.78 is 0. The topological polar surface area (TPSA) is 31.6 Å². The van der Waals surface area contributed by atoms with Crippen molar-refractivity contribution < 1.29 is 0 Å². The summed E-state index contributed by atoms with van der Waals surface area (Å²) in [6, 6.07) is 17.6. The molecule has 5 aromatic rings. The molecule has 2 nitrogen and oxygen atoms in total. The van der Waals surface area contributed by atoms with Gasteiger partial charge in [-0.2, -0.15) is 0 Å². The van der Waals surface area contributed by atoms with Gasteiger partial charge in [0.2, 0.25) is 0 Å². The lowest BCUT2D eigenvalue weighted by Crippen LogP contribution is -1.99. The first-order chi connectivity index (χ1) is 10.9. The maximum absolute atomic E-state index is 3.66. The summed E-state index contributed by atoms with van der Waals surface area (Å²) in [5.74, 6) is 0. The molecule has 2 heteroatoms. The number of H-pyrrole nitrogens is 2. The molecule has 0 unspecified atom stereocenters. The first-order valence-electron chi connectivity index (χ1n) is 7.86. The highest BCUT2D eigenvalue weighted by Crippen LogP contribution is 2.41. The molecule has 0 radical (unpaired) electrons. The number of hydrogen-bond donors (Lipinski definition) is 2. The van der Waals surface area contributed by atoms with E-state index in [4.69, 9.17) is 0 Å². The fraction of sp³-hybridized carbons (Fsp3) is 0.100. The highest BCUT2D eigenvalue weighted by molar-refractivity contribution is 6.20. The summed E-state index contributed by atoms with van der Waals surface area (Å²) in [5.41, 5.74) is 8.06. The Bertz CT molecular complexity index is 1220. The van der Waals surface area contributed by atoms with Gasteiger partial charge in [0, 0.05) is 38.1 Å². The van der Waals surface area contributed by atoms with Crippen molar-refractivity contribution in [3.05, 3.63) is 59.7 Å². The van der Waals surface area contributed by atoms with E-state index in [1.807, 2.05) is 0 Å². The lowest BCUT2D eigenvalue weighted by atomic mass is 9.89. The van der Waals surface area contributed by atoms with Crippen molar-refractivity contribution >= 4 is 43.6 Å². The molecular formula is C20H14N2. The lowest BCUT2D eigenvalue weighted by molar-refractivity contribution is 0.975. The second-order valence-electron chi connectivity index (χ2n) is 6.34. The molecule has 0 saturated carbocycles. The largest absolute Gasteiger partial charge is 0.354 e. The molecule has 6 rings (SSSR count). The number of fused-ring (bicyclic) bond motifs is 4. The SMILES string of the molecule is c1ccc2c(c1)[nH]c1c3c4c(cc12)[nH]c1cccc(c14)CC3. The standard InChI is InChI=1S/C20H14N2/c1-2-6-15-12(5-1)14-10-17-19-13(20(14)22-15)9-8-11-4-3-7-16(21-17)18(11)19/h1-7,10,21-22H,8-9H2. The number of aryl methyl sites for hydroxylation is 2. The Kier molecular flexibility index (Phi) is 1.75. The minimum absolute atomic E-state index is 1.12. The van der Waals surface area contributed by atoms with E-state index in [0.717, 1.165) is 12.8 Å². The summed E-state index contributed by atoms with van der Waals surface area (Å²) in [6.45, 7) is 0. The van der Waals surface area contributed by atoms with Gasteiger partial charge in [0.1, 0.15) is 0 Å². The zero-order chi connectivity index (χ0) is 14.3. The molecule has 22 heavy (non-hydrogen) atoms. The molecule has 0 bridgehead atoms. The quantitative estimate of drug-likeness (QED) is 0.398. The monoisotopic (exact) mass is 282 g/mol. The van der Waals surface area contributed by atoms with Crippen LogP contribution >= 0.6 is 0 Å². The first-order valence-corrected chi connectivity index (χ1v) is 7.86. The average Bonchev–Trinajstić information content (AvgIpc) is 3.11.